The van der Waals surface area contributed by atoms with Crippen molar-refractivity contribution in [2.45, 2.75) is 32.6 Å². The number of hydrogen-bond donors (Lipinski definition) is 0. The van der Waals surface area contributed by atoms with Gasteiger partial charge >= 0.3 is 0 Å². The highest BCUT2D eigenvalue weighted by atomic mass is 16.2. The molecule has 1 aromatic carbocycles. The summed E-state index contributed by atoms with van der Waals surface area (Å²) in [5.74, 6) is 0.927. The second-order valence-electron chi connectivity index (χ2n) is 6.50. The van der Waals surface area contributed by atoms with Gasteiger partial charge in [-0.15, -0.1) is 0 Å². The van der Waals surface area contributed by atoms with E-state index in [2.05, 4.69) is 35.3 Å². The van der Waals surface area contributed by atoms with Gasteiger partial charge in [-0.3, -0.25) is 9.78 Å². The van der Waals surface area contributed by atoms with E-state index in [1.54, 1.807) is 0 Å². The highest BCUT2D eigenvalue weighted by Gasteiger charge is 2.22. The molecule has 0 saturated carbocycles. The van der Waals surface area contributed by atoms with Crippen molar-refractivity contribution < 1.29 is 4.79 Å². The second kappa shape index (κ2) is 7.40. The molecule has 3 rings (SSSR count). The molecule has 0 atom stereocenters. The van der Waals surface area contributed by atoms with Crippen molar-refractivity contribution in [3.05, 3.63) is 65.5 Å². The number of aryl methyl sites for hydroxylation is 1. The zero-order valence-corrected chi connectivity index (χ0v) is 13.7. The van der Waals surface area contributed by atoms with Crippen molar-refractivity contribution in [3.63, 3.8) is 0 Å². The molecule has 0 aliphatic carbocycles. The predicted molar refractivity (Wildman–Crippen MR) is 92.1 cm³/mol. The van der Waals surface area contributed by atoms with Crippen molar-refractivity contribution in [3.8, 4) is 0 Å². The standard InChI is InChI=1S/C20H24N2O/c1-16-7-8-19(15-21-16)14-20(23)22-11-9-18(10-12-22)13-17-5-3-2-4-6-17/h2-8,15,18H,9-14H2,1H3. The summed E-state index contributed by atoms with van der Waals surface area (Å²) in [7, 11) is 0. The number of benzene rings is 1. The summed E-state index contributed by atoms with van der Waals surface area (Å²) in [6.45, 7) is 3.73. The molecular weight excluding hydrogens is 284 g/mol. The van der Waals surface area contributed by atoms with Crippen LogP contribution in [0, 0.1) is 12.8 Å². The van der Waals surface area contributed by atoms with Crippen LogP contribution in [0.1, 0.15) is 29.7 Å². The van der Waals surface area contributed by atoms with E-state index in [1.165, 1.54) is 5.56 Å². The number of nitrogens with zero attached hydrogens (tertiary/aromatic N) is 2. The minimum atomic E-state index is 0.230. The zero-order chi connectivity index (χ0) is 16.1. The van der Waals surface area contributed by atoms with Crippen LogP contribution in [0.25, 0.3) is 0 Å². The van der Waals surface area contributed by atoms with Crippen molar-refractivity contribution in [2.24, 2.45) is 5.92 Å². The van der Waals surface area contributed by atoms with Crippen molar-refractivity contribution in [2.75, 3.05) is 13.1 Å². The normalized spacial score (nSPS) is 15.6. The Morgan fingerprint density at radius 3 is 2.48 bits per heavy atom. The summed E-state index contributed by atoms with van der Waals surface area (Å²) in [6, 6.07) is 14.6. The molecule has 0 bridgehead atoms. The molecule has 0 unspecified atom stereocenters. The summed E-state index contributed by atoms with van der Waals surface area (Å²) in [4.78, 5) is 18.7. The molecule has 1 aliphatic heterocycles. The van der Waals surface area contributed by atoms with E-state index in [0.717, 1.165) is 43.6 Å². The van der Waals surface area contributed by atoms with Crippen LogP contribution >= 0.6 is 0 Å². The van der Waals surface area contributed by atoms with E-state index in [-0.39, 0.29) is 5.91 Å². The minimum Gasteiger partial charge on any atom is -0.342 e. The Hall–Kier alpha value is -2.16. The Balaban J connectivity index is 1.48. The van der Waals surface area contributed by atoms with Crippen molar-refractivity contribution >= 4 is 5.91 Å². The largest absolute Gasteiger partial charge is 0.342 e. The Morgan fingerprint density at radius 1 is 1.09 bits per heavy atom. The van der Waals surface area contributed by atoms with Gasteiger partial charge in [0.25, 0.3) is 0 Å². The molecule has 3 nitrogen and oxygen atoms in total. The smallest absolute Gasteiger partial charge is 0.227 e. The van der Waals surface area contributed by atoms with Gasteiger partial charge in [-0.2, -0.15) is 0 Å². The topological polar surface area (TPSA) is 33.2 Å². The number of aromatic nitrogens is 1. The molecule has 120 valence electrons. The first-order chi connectivity index (χ1) is 11.2. The molecule has 23 heavy (non-hydrogen) atoms. The summed E-state index contributed by atoms with van der Waals surface area (Å²) < 4.78 is 0. The summed E-state index contributed by atoms with van der Waals surface area (Å²) >= 11 is 0. The Bertz CT molecular complexity index is 628. The lowest BCUT2D eigenvalue weighted by atomic mass is 9.90. The van der Waals surface area contributed by atoms with Crippen LogP contribution in [0.4, 0.5) is 0 Å². The highest BCUT2D eigenvalue weighted by molar-refractivity contribution is 5.78. The quantitative estimate of drug-likeness (QED) is 0.867. The molecular formula is C20H24N2O. The van der Waals surface area contributed by atoms with Gasteiger partial charge in [-0.1, -0.05) is 36.4 Å². The fourth-order valence-corrected chi connectivity index (χ4v) is 3.22. The average Bonchev–Trinajstić information content (AvgIpc) is 2.58. The molecule has 0 N–H and O–H groups in total. The van der Waals surface area contributed by atoms with E-state index in [9.17, 15) is 4.79 Å². The van der Waals surface area contributed by atoms with Crippen LogP contribution in [0.15, 0.2) is 48.7 Å². The Kier molecular flexibility index (Phi) is 5.06. The van der Waals surface area contributed by atoms with Crippen LogP contribution in [-0.2, 0) is 17.6 Å². The number of carbonyl (C=O) groups excluding carboxylic acids is 1. The summed E-state index contributed by atoms with van der Waals surface area (Å²) in [6.07, 6.45) is 5.62. The van der Waals surface area contributed by atoms with Crippen molar-refractivity contribution in [1.82, 2.24) is 9.88 Å². The maximum absolute atomic E-state index is 12.4. The first-order valence-corrected chi connectivity index (χ1v) is 8.44. The van der Waals surface area contributed by atoms with Gasteiger partial charge in [0.1, 0.15) is 0 Å². The van der Waals surface area contributed by atoms with E-state index in [4.69, 9.17) is 0 Å². The molecule has 0 radical (unpaired) electrons. The third-order valence-corrected chi connectivity index (χ3v) is 4.66. The van der Waals surface area contributed by atoms with Crippen LogP contribution < -0.4 is 0 Å². The van der Waals surface area contributed by atoms with Gasteiger partial charge in [0, 0.05) is 25.0 Å². The Morgan fingerprint density at radius 2 is 1.83 bits per heavy atom. The molecule has 2 heterocycles. The van der Waals surface area contributed by atoms with Crippen LogP contribution in [0.2, 0.25) is 0 Å². The maximum Gasteiger partial charge on any atom is 0.227 e. The van der Waals surface area contributed by atoms with Gasteiger partial charge < -0.3 is 4.90 Å². The molecule has 0 spiro atoms. The number of rotatable bonds is 4. The molecule has 3 heteroatoms. The monoisotopic (exact) mass is 308 g/mol. The lowest BCUT2D eigenvalue weighted by Gasteiger charge is -2.32. The number of likely N-dealkylation sites (tertiary alicyclic amines) is 1. The van der Waals surface area contributed by atoms with Gasteiger partial charge in [0.15, 0.2) is 0 Å². The lowest BCUT2D eigenvalue weighted by molar-refractivity contribution is -0.131. The van der Waals surface area contributed by atoms with Gasteiger partial charge in [0.05, 0.1) is 6.42 Å². The summed E-state index contributed by atoms with van der Waals surface area (Å²) in [5.41, 5.74) is 3.40. The minimum absolute atomic E-state index is 0.230. The SMILES string of the molecule is Cc1ccc(CC(=O)N2CCC(Cc3ccccc3)CC2)cn1. The zero-order valence-electron chi connectivity index (χ0n) is 13.7. The number of amides is 1. The van der Waals surface area contributed by atoms with E-state index in [1.807, 2.05) is 30.2 Å². The van der Waals surface area contributed by atoms with Crippen LogP contribution in [0.3, 0.4) is 0 Å². The number of piperidine rings is 1. The molecule has 1 fully saturated rings. The number of hydrogen-bond acceptors (Lipinski definition) is 2. The number of pyridine rings is 1. The maximum atomic E-state index is 12.4. The first kappa shape index (κ1) is 15.7. The van der Waals surface area contributed by atoms with Gasteiger partial charge in [0.2, 0.25) is 5.91 Å². The molecule has 1 aliphatic rings. The first-order valence-electron chi connectivity index (χ1n) is 8.44. The fraction of sp³-hybridized carbons (Fsp3) is 0.400. The third kappa shape index (κ3) is 4.41. The molecule has 1 aromatic heterocycles. The van der Waals surface area contributed by atoms with Gasteiger partial charge in [-0.25, -0.2) is 0 Å². The lowest BCUT2D eigenvalue weighted by Crippen LogP contribution is -2.39. The highest BCUT2D eigenvalue weighted by Crippen LogP contribution is 2.22. The van der Waals surface area contributed by atoms with E-state index < -0.39 is 0 Å². The summed E-state index contributed by atoms with van der Waals surface area (Å²) in [5, 5.41) is 0. The molecule has 1 amide bonds. The van der Waals surface area contributed by atoms with E-state index in [0.29, 0.717) is 12.3 Å². The molecule has 2 aromatic rings. The van der Waals surface area contributed by atoms with Crippen LogP contribution in [0.5, 0.6) is 0 Å². The average molecular weight is 308 g/mol. The van der Waals surface area contributed by atoms with Crippen LogP contribution in [-0.4, -0.2) is 28.9 Å². The molecule has 1 saturated heterocycles. The predicted octanol–water partition coefficient (Wildman–Crippen LogP) is 3.41. The fourth-order valence-electron chi connectivity index (χ4n) is 3.22. The third-order valence-electron chi connectivity index (χ3n) is 4.66. The Labute approximate surface area is 138 Å². The number of carbonyl (C=O) groups is 1. The second-order valence-corrected chi connectivity index (χ2v) is 6.50. The van der Waals surface area contributed by atoms with E-state index >= 15 is 0 Å². The van der Waals surface area contributed by atoms with Gasteiger partial charge in [-0.05, 0) is 49.3 Å². The van der Waals surface area contributed by atoms with Crippen molar-refractivity contribution in [1.29, 1.82) is 0 Å².